The van der Waals surface area contributed by atoms with Crippen molar-refractivity contribution in [2.45, 2.75) is 30.8 Å². The van der Waals surface area contributed by atoms with Crippen molar-refractivity contribution >= 4 is 29.2 Å². The van der Waals surface area contributed by atoms with Gasteiger partial charge >= 0.3 is 6.03 Å². The summed E-state index contributed by atoms with van der Waals surface area (Å²) in [5, 5.41) is 26.0. The molecular weight excluding hydrogens is 464 g/mol. The monoisotopic (exact) mass is 488 g/mol. The summed E-state index contributed by atoms with van der Waals surface area (Å²) in [6, 6.07) is 23.4. The predicted octanol–water partition coefficient (Wildman–Crippen LogP) is 5.35. The highest BCUT2D eigenvalue weighted by Crippen LogP contribution is 2.26. The fourth-order valence-electron chi connectivity index (χ4n) is 3.42. The Morgan fingerprint density at radius 3 is 2.46 bits per heavy atom. The molecule has 0 unspecified atom stereocenters. The van der Waals surface area contributed by atoms with Gasteiger partial charge in [-0.2, -0.15) is 0 Å². The second kappa shape index (κ2) is 11.3. The van der Waals surface area contributed by atoms with E-state index < -0.39 is 4.92 Å². The molecule has 9 nitrogen and oxygen atoms in total. The molecule has 0 saturated carbocycles. The van der Waals surface area contributed by atoms with Crippen LogP contribution in [0.4, 0.5) is 16.2 Å². The van der Waals surface area contributed by atoms with Crippen molar-refractivity contribution in [3.8, 4) is 5.69 Å². The van der Waals surface area contributed by atoms with Gasteiger partial charge in [0.25, 0.3) is 5.69 Å². The molecule has 0 radical (unpaired) electrons. The Labute approximate surface area is 206 Å². The van der Waals surface area contributed by atoms with Gasteiger partial charge in [0.1, 0.15) is 0 Å². The molecule has 35 heavy (non-hydrogen) atoms. The average Bonchev–Trinajstić information content (AvgIpc) is 3.29. The summed E-state index contributed by atoms with van der Waals surface area (Å²) in [7, 11) is 0. The number of carbonyl (C=O) groups excluding carboxylic acids is 1. The van der Waals surface area contributed by atoms with Crippen LogP contribution >= 0.6 is 11.8 Å². The Balaban J connectivity index is 1.52. The normalized spacial score (nSPS) is 10.7. The SMILES string of the molecule is CCc1cccc(NC(=O)NCc2nnc(SCc3ccccc3)n2-c2ccc([N+](=O)[O-])cc2)c1. The first-order chi connectivity index (χ1) is 17.0. The van der Waals surface area contributed by atoms with E-state index in [0.717, 1.165) is 17.5 Å². The second-order valence-electron chi connectivity index (χ2n) is 7.64. The number of anilines is 1. The van der Waals surface area contributed by atoms with Crippen molar-refractivity contribution in [3.05, 3.63) is 106 Å². The van der Waals surface area contributed by atoms with Gasteiger partial charge in [-0.3, -0.25) is 14.7 Å². The molecule has 2 amide bonds. The fraction of sp³-hybridized carbons (Fsp3) is 0.160. The summed E-state index contributed by atoms with van der Waals surface area (Å²) >= 11 is 1.49. The Morgan fingerprint density at radius 1 is 1.00 bits per heavy atom. The maximum atomic E-state index is 12.5. The van der Waals surface area contributed by atoms with Gasteiger partial charge in [-0.05, 0) is 41.8 Å². The van der Waals surface area contributed by atoms with Crippen LogP contribution in [0.5, 0.6) is 0 Å². The van der Waals surface area contributed by atoms with Crippen molar-refractivity contribution in [3.63, 3.8) is 0 Å². The number of thioether (sulfide) groups is 1. The van der Waals surface area contributed by atoms with E-state index in [1.54, 1.807) is 16.7 Å². The van der Waals surface area contributed by atoms with E-state index in [-0.39, 0.29) is 18.3 Å². The number of hydrogen-bond donors (Lipinski definition) is 2. The third kappa shape index (κ3) is 6.24. The van der Waals surface area contributed by atoms with E-state index in [2.05, 4.69) is 27.8 Å². The zero-order chi connectivity index (χ0) is 24.6. The molecule has 4 rings (SSSR count). The number of nitrogens with one attached hydrogen (secondary N) is 2. The summed E-state index contributed by atoms with van der Waals surface area (Å²) < 4.78 is 1.80. The quantitative estimate of drug-likeness (QED) is 0.186. The molecule has 0 spiro atoms. The number of hydrogen-bond acceptors (Lipinski definition) is 6. The summed E-state index contributed by atoms with van der Waals surface area (Å²) in [6.45, 7) is 2.17. The maximum absolute atomic E-state index is 12.5. The number of benzene rings is 3. The molecule has 0 fully saturated rings. The van der Waals surface area contributed by atoms with Crippen LogP contribution in [0.25, 0.3) is 5.69 Å². The first kappa shape index (κ1) is 24.0. The highest BCUT2D eigenvalue weighted by Gasteiger charge is 2.17. The molecule has 178 valence electrons. The number of aromatic nitrogens is 3. The summed E-state index contributed by atoms with van der Waals surface area (Å²) in [4.78, 5) is 23.1. The van der Waals surface area contributed by atoms with Crippen LogP contribution < -0.4 is 10.6 Å². The highest BCUT2D eigenvalue weighted by molar-refractivity contribution is 7.98. The molecule has 0 atom stereocenters. The Kier molecular flexibility index (Phi) is 7.74. The van der Waals surface area contributed by atoms with Crippen molar-refractivity contribution in [2.75, 3.05) is 5.32 Å². The number of aryl methyl sites for hydroxylation is 1. The van der Waals surface area contributed by atoms with E-state index >= 15 is 0 Å². The first-order valence-electron chi connectivity index (χ1n) is 11.0. The summed E-state index contributed by atoms with van der Waals surface area (Å²) in [5.41, 5.74) is 3.63. The number of non-ortho nitro benzene ring substituents is 1. The standard InChI is InChI=1S/C25H24N6O3S/c1-2-18-9-6-10-20(15-18)27-24(32)26-16-23-28-29-25(35-17-19-7-4-3-5-8-19)30(23)21-11-13-22(14-12-21)31(33)34/h3-15H,2,16-17H2,1H3,(H2,26,27,32). The lowest BCUT2D eigenvalue weighted by Gasteiger charge is -2.12. The van der Waals surface area contributed by atoms with Crippen LogP contribution in [0.1, 0.15) is 23.9 Å². The number of urea groups is 1. The maximum Gasteiger partial charge on any atom is 0.319 e. The Hall–Kier alpha value is -4.18. The van der Waals surface area contributed by atoms with Crippen LogP contribution in [0.3, 0.4) is 0 Å². The van der Waals surface area contributed by atoms with E-state index in [4.69, 9.17) is 0 Å². The van der Waals surface area contributed by atoms with E-state index in [1.165, 1.54) is 23.9 Å². The van der Waals surface area contributed by atoms with Gasteiger partial charge in [-0.25, -0.2) is 4.79 Å². The number of nitro groups is 1. The largest absolute Gasteiger partial charge is 0.331 e. The Bertz CT molecular complexity index is 1310. The number of rotatable bonds is 9. The number of nitro benzene ring substituents is 1. The zero-order valence-electron chi connectivity index (χ0n) is 19.0. The van der Waals surface area contributed by atoms with Gasteiger partial charge in [0, 0.05) is 29.3 Å². The lowest BCUT2D eigenvalue weighted by Crippen LogP contribution is -2.29. The minimum atomic E-state index is -0.443. The third-order valence-corrected chi connectivity index (χ3v) is 6.23. The van der Waals surface area contributed by atoms with Crippen LogP contribution in [0.15, 0.2) is 84.0 Å². The summed E-state index contributed by atoms with van der Waals surface area (Å²) in [5.74, 6) is 1.18. The van der Waals surface area contributed by atoms with Crippen molar-refractivity contribution < 1.29 is 9.72 Å². The zero-order valence-corrected chi connectivity index (χ0v) is 19.9. The second-order valence-corrected chi connectivity index (χ2v) is 8.59. The fourth-order valence-corrected chi connectivity index (χ4v) is 4.34. The molecule has 0 saturated heterocycles. The van der Waals surface area contributed by atoms with Crippen molar-refractivity contribution in [2.24, 2.45) is 0 Å². The van der Waals surface area contributed by atoms with Crippen molar-refractivity contribution in [1.82, 2.24) is 20.1 Å². The number of nitrogens with zero attached hydrogens (tertiary/aromatic N) is 4. The van der Waals surface area contributed by atoms with Crippen LogP contribution in [-0.2, 0) is 18.7 Å². The molecule has 2 N–H and O–H groups in total. The lowest BCUT2D eigenvalue weighted by molar-refractivity contribution is -0.384. The molecule has 4 aromatic rings. The Morgan fingerprint density at radius 2 is 1.74 bits per heavy atom. The molecule has 1 aromatic heterocycles. The van der Waals surface area contributed by atoms with Gasteiger partial charge in [0.2, 0.25) is 0 Å². The van der Waals surface area contributed by atoms with Gasteiger partial charge in [0.05, 0.1) is 11.5 Å². The van der Waals surface area contributed by atoms with Crippen LogP contribution in [0, 0.1) is 10.1 Å². The lowest BCUT2D eigenvalue weighted by atomic mass is 10.1. The molecule has 0 aliphatic carbocycles. The molecule has 0 aliphatic rings. The summed E-state index contributed by atoms with van der Waals surface area (Å²) in [6.07, 6.45) is 0.874. The molecule has 1 heterocycles. The van der Waals surface area contributed by atoms with E-state index in [9.17, 15) is 14.9 Å². The van der Waals surface area contributed by atoms with Gasteiger partial charge in [-0.1, -0.05) is 61.2 Å². The molecule has 10 heteroatoms. The third-order valence-electron chi connectivity index (χ3n) is 5.23. The molecule has 0 bridgehead atoms. The van der Waals surface area contributed by atoms with Gasteiger partial charge in [0.15, 0.2) is 11.0 Å². The first-order valence-corrected chi connectivity index (χ1v) is 12.0. The molecular formula is C25H24N6O3S. The van der Waals surface area contributed by atoms with E-state index in [0.29, 0.717) is 28.1 Å². The number of amides is 2. The van der Waals surface area contributed by atoms with Gasteiger partial charge < -0.3 is 10.6 Å². The van der Waals surface area contributed by atoms with Crippen LogP contribution in [-0.4, -0.2) is 25.7 Å². The number of carbonyl (C=O) groups is 1. The van der Waals surface area contributed by atoms with Gasteiger partial charge in [-0.15, -0.1) is 10.2 Å². The highest BCUT2D eigenvalue weighted by atomic mass is 32.2. The predicted molar refractivity (Wildman–Crippen MR) is 136 cm³/mol. The molecule has 3 aromatic carbocycles. The minimum Gasteiger partial charge on any atom is -0.331 e. The van der Waals surface area contributed by atoms with E-state index in [1.807, 2.05) is 54.6 Å². The van der Waals surface area contributed by atoms with Crippen molar-refractivity contribution in [1.29, 1.82) is 0 Å². The average molecular weight is 489 g/mol. The minimum absolute atomic E-state index is 0.00586. The topological polar surface area (TPSA) is 115 Å². The smallest absolute Gasteiger partial charge is 0.319 e. The van der Waals surface area contributed by atoms with Crippen LogP contribution in [0.2, 0.25) is 0 Å². The molecule has 0 aliphatic heterocycles.